The van der Waals surface area contributed by atoms with E-state index in [9.17, 15) is 9.59 Å². The Labute approximate surface area is 149 Å². The quantitative estimate of drug-likeness (QED) is 0.666. The molecule has 5 nitrogen and oxygen atoms in total. The van der Waals surface area contributed by atoms with Gasteiger partial charge in [0.2, 0.25) is 0 Å². The topological polar surface area (TPSA) is 59.8 Å². The molecule has 0 saturated heterocycles. The molecule has 0 bridgehead atoms. The van der Waals surface area contributed by atoms with Gasteiger partial charge in [0.15, 0.2) is 6.61 Å². The molecule has 128 valence electrons. The number of para-hydroxylation sites is 1. The van der Waals surface area contributed by atoms with Gasteiger partial charge in [0.05, 0.1) is 5.02 Å². The first-order valence-corrected chi connectivity index (χ1v) is 8.02. The molecule has 1 aromatic heterocycles. The third kappa shape index (κ3) is 3.67. The highest BCUT2D eigenvalue weighted by Crippen LogP contribution is 2.31. The molecule has 6 heteroatoms. The summed E-state index contributed by atoms with van der Waals surface area (Å²) >= 11 is 6.23. The zero-order valence-electron chi connectivity index (χ0n) is 13.8. The Morgan fingerprint density at radius 1 is 1.20 bits per heavy atom. The molecule has 3 aromatic rings. The van der Waals surface area contributed by atoms with Crippen molar-refractivity contribution in [2.45, 2.75) is 6.92 Å². The Morgan fingerprint density at radius 2 is 1.92 bits per heavy atom. The summed E-state index contributed by atoms with van der Waals surface area (Å²) in [5, 5.41) is 1.07. The maximum absolute atomic E-state index is 12.3. The fourth-order valence-electron chi connectivity index (χ4n) is 2.46. The van der Waals surface area contributed by atoms with Gasteiger partial charge in [0.1, 0.15) is 11.3 Å². The van der Waals surface area contributed by atoms with Crippen LogP contribution >= 0.6 is 11.6 Å². The van der Waals surface area contributed by atoms with Crippen molar-refractivity contribution in [2.24, 2.45) is 0 Å². The first-order valence-electron chi connectivity index (χ1n) is 7.64. The number of fused-ring (bicyclic) bond motifs is 1. The zero-order chi connectivity index (χ0) is 18.0. The normalized spacial score (nSPS) is 10.7. The molecular formula is C19H16ClNO4. The average molecular weight is 358 g/mol. The van der Waals surface area contributed by atoms with E-state index in [0.29, 0.717) is 10.6 Å². The Hall–Kier alpha value is -2.79. The van der Waals surface area contributed by atoms with E-state index in [4.69, 9.17) is 20.8 Å². The lowest BCUT2D eigenvalue weighted by Crippen LogP contribution is -2.31. The van der Waals surface area contributed by atoms with E-state index in [1.807, 2.05) is 30.3 Å². The molecule has 1 amide bonds. The molecule has 0 radical (unpaired) electrons. The number of anilines is 1. The molecule has 0 spiro atoms. The van der Waals surface area contributed by atoms with Crippen molar-refractivity contribution < 1.29 is 13.9 Å². The van der Waals surface area contributed by atoms with Crippen LogP contribution in [0.1, 0.15) is 5.56 Å². The van der Waals surface area contributed by atoms with Gasteiger partial charge in [0.25, 0.3) is 5.91 Å². The van der Waals surface area contributed by atoms with E-state index in [1.165, 1.54) is 17.0 Å². The molecule has 0 aliphatic carbocycles. The number of rotatable bonds is 4. The second-order valence-electron chi connectivity index (χ2n) is 5.60. The highest BCUT2D eigenvalue weighted by Gasteiger charge is 2.14. The molecule has 0 atom stereocenters. The number of amides is 1. The van der Waals surface area contributed by atoms with Gasteiger partial charge >= 0.3 is 5.63 Å². The number of carbonyl (C=O) groups excluding carboxylic acids is 1. The summed E-state index contributed by atoms with van der Waals surface area (Å²) in [7, 11) is 1.67. The molecule has 3 rings (SSSR count). The fraction of sp³-hybridized carbons (Fsp3) is 0.158. The average Bonchev–Trinajstić information content (AvgIpc) is 2.60. The number of halogens is 1. The summed E-state index contributed by atoms with van der Waals surface area (Å²) in [6, 6.07) is 13.8. The van der Waals surface area contributed by atoms with E-state index in [-0.39, 0.29) is 18.3 Å². The van der Waals surface area contributed by atoms with Crippen LogP contribution in [0.4, 0.5) is 5.69 Å². The highest BCUT2D eigenvalue weighted by atomic mass is 35.5. The van der Waals surface area contributed by atoms with Crippen molar-refractivity contribution in [2.75, 3.05) is 18.6 Å². The Balaban J connectivity index is 1.80. The Kier molecular flexibility index (Phi) is 4.76. The summed E-state index contributed by atoms with van der Waals surface area (Å²) in [6.07, 6.45) is 0. The standard InChI is InChI=1S/C19H16ClNO4/c1-12-8-19(23)25-16-10-17(15(20)9-14(12)16)24-11-18(22)21(2)13-6-4-3-5-7-13/h3-10H,11H2,1-2H3. The summed E-state index contributed by atoms with van der Waals surface area (Å²) < 4.78 is 10.7. The van der Waals surface area contributed by atoms with Crippen LogP contribution in [0.25, 0.3) is 11.0 Å². The van der Waals surface area contributed by atoms with Crippen LogP contribution in [0.2, 0.25) is 5.02 Å². The van der Waals surface area contributed by atoms with Crippen LogP contribution < -0.4 is 15.3 Å². The fourth-order valence-corrected chi connectivity index (χ4v) is 2.68. The zero-order valence-corrected chi connectivity index (χ0v) is 14.5. The summed E-state index contributed by atoms with van der Waals surface area (Å²) in [5.41, 5.74) is 1.45. The number of hydrogen-bond donors (Lipinski definition) is 0. The lowest BCUT2D eigenvalue weighted by Gasteiger charge is -2.18. The minimum absolute atomic E-state index is 0.188. The van der Waals surface area contributed by atoms with Gasteiger partial charge in [-0.25, -0.2) is 4.79 Å². The van der Waals surface area contributed by atoms with Crippen molar-refractivity contribution in [3.05, 3.63) is 69.5 Å². The first kappa shape index (κ1) is 17.0. The Morgan fingerprint density at radius 3 is 2.64 bits per heavy atom. The van der Waals surface area contributed by atoms with Gasteiger partial charge < -0.3 is 14.1 Å². The summed E-state index contributed by atoms with van der Waals surface area (Å²) in [4.78, 5) is 25.3. The van der Waals surface area contributed by atoms with Gasteiger partial charge in [-0.05, 0) is 30.7 Å². The predicted octanol–water partition coefficient (Wildman–Crippen LogP) is 3.80. The van der Waals surface area contributed by atoms with Crippen LogP contribution in [0.15, 0.2) is 57.7 Å². The van der Waals surface area contributed by atoms with Crippen molar-refractivity contribution in [3.8, 4) is 5.75 Å². The van der Waals surface area contributed by atoms with E-state index in [0.717, 1.165) is 16.6 Å². The van der Waals surface area contributed by atoms with Crippen molar-refractivity contribution in [1.29, 1.82) is 0 Å². The van der Waals surface area contributed by atoms with Crippen molar-refractivity contribution in [3.63, 3.8) is 0 Å². The second-order valence-corrected chi connectivity index (χ2v) is 6.01. The molecule has 2 aromatic carbocycles. The van der Waals surface area contributed by atoms with Gasteiger partial charge in [-0.2, -0.15) is 0 Å². The lowest BCUT2D eigenvalue weighted by atomic mass is 10.1. The largest absolute Gasteiger partial charge is 0.482 e. The molecule has 0 unspecified atom stereocenters. The number of benzene rings is 2. The smallest absolute Gasteiger partial charge is 0.336 e. The van der Waals surface area contributed by atoms with E-state index in [2.05, 4.69) is 0 Å². The van der Waals surface area contributed by atoms with Crippen LogP contribution in [-0.4, -0.2) is 19.6 Å². The van der Waals surface area contributed by atoms with Gasteiger partial charge in [-0.1, -0.05) is 29.8 Å². The lowest BCUT2D eigenvalue weighted by molar-refractivity contribution is -0.120. The summed E-state index contributed by atoms with van der Waals surface area (Å²) in [5.74, 6) is 0.0609. The SMILES string of the molecule is Cc1cc(=O)oc2cc(OCC(=O)N(C)c3ccccc3)c(Cl)cc12. The van der Waals surface area contributed by atoms with Gasteiger partial charge in [-0.15, -0.1) is 0 Å². The first-order chi connectivity index (χ1) is 12.0. The minimum Gasteiger partial charge on any atom is -0.482 e. The number of carbonyl (C=O) groups is 1. The third-order valence-electron chi connectivity index (χ3n) is 3.87. The number of hydrogen-bond acceptors (Lipinski definition) is 4. The van der Waals surface area contributed by atoms with Gasteiger partial charge in [-0.3, -0.25) is 4.79 Å². The minimum atomic E-state index is -0.446. The van der Waals surface area contributed by atoms with Crippen LogP contribution in [-0.2, 0) is 4.79 Å². The maximum atomic E-state index is 12.3. The van der Waals surface area contributed by atoms with Crippen LogP contribution in [0.5, 0.6) is 5.75 Å². The number of aryl methyl sites for hydroxylation is 1. The third-order valence-corrected chi connectivity index (χ3v) is 4.17. The summed E-state index contributed by atoms with van der Waals surface area (Å²) in [6.45, 7) is 1.61. The number of ether oxygens (including phenoxy) is 1. The van der Waals surface area contributed by atoms with Crippen LogP contribution in [0.3, 0.4) is 0 Å². The van der Waals surface area contributed by atoms with Crippen LogP contribution in [0, 0.1) is 6.92 Å². The van der Waals surface area contributed by atoms with E-state index in [1.54, 1.807) is 20.0 Å². The van der Waals surface area contributed by atoms with Gasteiger partial charge in [0, 0.05) is 30.3 Å². The molecule has 0 fully saturated rings. The van der Waals surface area contributed by atoms with E-state index < -0.39 is 5.63 Å². The van der Waals surface area contributed by atoms with Crippen molar-refractivity contribution in [1.82, 2.24) is 0 Å². The molecule has 0 saturated carbocycles. The Bertz CT molecular complexity index is 982. The second kappa shape index (κ2) is 6.99. The van der Waals surface area contributed by atoms with E-state index >= 15 is 0 Å². The molecule has 0 N–H and O–H groups in total. The predicted molar refractivity (Wildman–Crippen MR) is 97.6 cm³/mol. The monoisotopic (exact) mass is 357 g/mol. The maximum Gasteiger partial charge on any atom is 0.336 e. The molecule has 1 heterocycles. The van der Waals surface area contributed by atoms with Crippen molar-refractivity contribution >= 4 is 34.2 Å². The highest BCUT2D eigenvalue weighted by molar-refractivity contribution is 6.32. The molecule has 25 heavy (non-hydrogen) atoms. The molecule has 0 aliphatic rings. The number of nitrogens with zero attached hydrogens (tertiary/aromatic N) is 1. The molecular weight excluding hydrogens is 342 g/mol. The number of likely N-dealkylation sites (N-methyl/N-ethyl adjacent to an activating group) is 1. The molecule has 0 aliphatic heterocycles.